The molecule has 4 aromatic rings. The summed E-state index contributed by atoms with van der Waals surface area (Å²) in [7, 11) is 0. The van der Waals surface area contributed by atoms with Crippen molar-refractivity contribution in [2.45, 2.75) is 0 Å². The molecule has 0 fully saturated rings. The summed E-state index contributed by atoms with van der Waals surface area (Å²) in [6.45, 7) is 0. The minimum Gasteiger partial charge on any atom is -0.464 e. The molecule has 0 saturated heterocycles. The Morgan fingerprint density at radius 2 is 2.05 bits per heavy atom. The SMILES string of the molecule is [c]1nc2ccccc2c(-c2nccs2)c1-c1ccco1. The van der Waals surface area contributed by atoms with Gasteiger partial charge in [0.15, 0.2) is 0 Å². The molecule has 0 N–H and O–H groups in total. The first-order chi connectivity index (χ1) is 9.93. The largest absolute Gasteiger partial charge is 0.464 e. The molecule has 20 heavy (non-hydrogen) atoms. The number of thiazole rings is 1. The number of pyridine rings is 1. The summed E-state index contributed by atoms with van der Waals surface area (Å²) in [5.41, 5.74) is 2.79. The highest BCUT2D eigenvalue weighted by molar-refractivity contribution is 7.13. The van der Waals surface area contributed by atoms with Gasteiger partial charge in [-0.1, -0.05) is 18.2 Å². The van der Waals surface area contributed by atoms with Gasteiger partial charge in [0.2, 0.25) is 0 Å². The van der Waals surface area contributed by atoms with E-state index in [1.165, 1.54) is 0 Å². The summed E-state index contributed by atoms with van der Waals surface area (Å²) < 4.78 is 5.51. The lowest BCUT2D eigenvalue weighted by Crippen LogP contribution is -1.89. The maximum atomic E-state index is 5.51. The number of hydrogen-bond acceptors (Lipinski definition) is 4. The zero-order chi connectivity index (χ0) is 13.4. The van der Waals surface area contributed by atoms with Crippen LogP contribution in [0.1, 0.15) is 0 Å². The minimum atomic E-state index is 0.758. The number of aromatic nitrogens is 2. The molecular formula is C16H9N2OS. The Morgan fingerprint density at radius 3 is 2.85 bits per heavy atom. The van der Waals surface area contributed by atoms with Gasteiger partial charge in [-0.25, -0.2) is 9.97 Å². The van der Waals surface area contributed by atoms with E-state index < -0.39 is 0 Å². The standard InChI is InChI=1S/C16H9N2OS/c1-2-5-13-11(4-1)15(16-17-7-9-20-16)12(10-18-13)14-6-3-8-19-14/h1-9H. The van der Waals surface area contributed by atoms with Crippen LogP contribution < -0.4 is 0 Å². The molecule has 3 aromatic heterocycles. The molecule has 95 valence electrons. The van der Waals surface area contributed by atoms with Crippen LogP contribution in [0.15, 0.2) is 58.7 Å². The van der Waals surface area contributed by atoms with E-state index in [-0.39, 0.29) is 0 Å². The van der Waals surface area contributed by atoms with Gasteiger partial charge in [0.1, 0.15) is 17.0 Å². The van der Waals surface area contributed by atoms with Crippen molar-refractivity contribution in [2.75, 3.05) is 0 Å². The third-order valence-electron chi connectivity index (χ3n) is 3.13. The summed E-state index contributed by atoms with van der Waals surface area (Å²) in [6.07, 6.45) is 6.56. The molecule has 0 bridgehead atoms. The molecule has 1 aromatic carbocycles. The summed E-state index contributed by atoms with van der Waals surface area (Å²) in [6, 6.07) is 11.8. The van der Waals surface area contributed by atoms with Crippen LogP contribution in [-0.4, -0.2) is 9.97 Å². The maximum absolute atomic E-state index is 5.51. The fourth-order valence-corrected chi connectivity index (χ4v) is 2.96. The quantitative estimate of drug-likeness (QED) is 0.544. The van der Waals surface area contributed by atoms with Crippen LogP contribution in [0.5, 0.6) is 0 Å². The molecule has 0 spiro atoms. The third-order valence-corrected chi connectivity index (χ3v) is 3.92. The second-order valence-corrected chi connectivity index (χ2v) is 5.20. The number of fused-ring (bicyclic) bond motifs is 1. The normalized spacial score (nSPS) is 11.0. The van der Waals surface area contributed by atoms with Crippen LogP contribution >= 0.6 is 11.3 Å². The molecule has 0 aliphatic rings. The van der Waals surface area contributed by atoms with Crippen LogP contribution in [-0.2, 0) is 0 Å². The Bertz CT molecular complexity index is 851. The van der Waals surface area contributed by atoms with Gasteiger partial charge >= 0.3 is 0 Å². The highest BCUT2D eigenvalue weighted by Crippen LogP contribution is 2.37. The molecule has 4 rings (SSSR count). The summed E-state index contributed by atoms with van der Waals surface area (Å²) in [4.78, 5) is 8.84. The van der Waals surface area contributed by atoms with Crippen LogP contribution in [0.4, 0.5) is 0 Å². The predicted molar refractivity (Wildman–Crippen MR) is 79.4 cm³/mol. The van der Waals surface area contributed by atoms with E-state index in [1.54, 1.807) is 23.8 Å². The molecule has 4 heteroatoms. The second kappa shape index (κ2) is 4.58. The van der Waals surface area contributed by atoms with Crippen molar-refractivity contribution in [1.82, 2.24) is 9.97 Å². The lowest BCUT2D eigenvalue weighted by molar-refractivity contribution is 0.582. The van der Waals surface area contributed by atoms with Crippen molar-refractivity contribution >= 4 is 22.2 Å². The number of benzene rings is 1. The zero-order valence-electron chi connectivity index (χ0n) is 10.4. The minimum absolute atomic E-state index is 0.758. The Morgan fingerprint density at radius 1 is 1.10 bits per heavy atom. The molecule has 0 saturated carbocycles. The Labute approximate surface area is 119 Å². The van der Waals surface area contributed by atoms with Crippen molar-refractivity contribution in [3.05, 3.63) is 60.4 Å². The smallest absolute Gasteiger partial charge is 0.136 e. The first-order valence-electron chi connectivity index (χ1n) is 6.17. The monoisotopic (exact) mass is 277 g/mol. The van der Waals surface area contributed by atoms with E-state index >= 15 is 0 Å². The van der Waals surface area contributed by atoms with Crippen molar-refractivity contribution in [1.29, 1.82) is 0 Å². The number of para-hydroxylation sites is 1. The average Bonchev–Trinajstić information content (AvgIpc) is 3.19. The molecule has 0 atom stereocenters. The van der Waals surface area contributed by atoms with E-state index in [0.717, 1.165) is 32.8 Å². The third kappa shape index (κ3) is 1.73. The first-order valence-corrected chi connectivity index (χ1v) is 7.05. The van der Waals surface area contributed by atoms with Gasteiger partial charge in [-0.15, -0.1) is 11.3 Å². The number of rotatable bonds is 2. The van der Waals surface area contributed by atoms with Crippen molar-refractivity contribution in [3.8, 4) is 21.9 Å². The number of furan rings is 1. The van der Waals surface area contributed by atoms with Gasteiger partial charge in [0.05, 0.1) is 17.3 Å². The molecule has 0 amide bonds. The number of hydrogen-bond donors (Lipinski definition) is 0. The molecule has 0 aliphatic heterocycles. The topological polar surface area (TPSA) is 38.9 Å². The van der Waals surface area contributed by atoms with Crippen molar-refractivity contribution in [3.63, 3.8) is 0 Å². The predicted octanol–water partition coefficient (Wildman–Crippen LogP) is 4.42. The van der Waals surface area contributed by atoms with Crippen LogP contribution in [0, 0.1) is 6.20 Å². The molecule has 0 aliphatic carbocycles. The fraction of sp³-hybridized carbons (Fsp3) is 0. The van der Waals surface area contributed by atoms with Gasteiger partial charge in [0, 0.05) is 22.5 Å². The second-order valence-electron chi connectivity index (χ2n) is 4.31. The Hall–Kier alpha value is -2.46. The molecule has 3 nitrogen and oxygen atoms in total. The molecular weight excluding hydrogens is 268 g/mol. The number of nitrogens with zero attached hydrogens (tertiary/aromatic N) is 2. The Balaban J connectivity index is 2.12. The van der Waals surface area contributed by atoms with Gasteiger partial charge in [0.25, 0.3) is 0 Å². The van der Waals surface area contributed by atoms with Gasteiger partial charge in [-0.3, -0.25) is 0 Å². The van der Waals surface area contributed by atoms with Gasteiger partial charge in [-0.05, 0) is 18.2 Å². The average molecular weight is 277 g/mol. The Kier molecular flexibility index (Phi) is 2.60. The summed E-state index contributed by atoms with van der Waals surface area (Å²) in [5, 5.41) is 3.98. The molecule has 1 radical (unpaired) electrons. The van der Waals surface area contributed by atoms with Gasteiger partial charge in [-0.2, -0.15) is 0 Å². The maximum Gasteiger partial charge on any atom is 0.136 e. The molecule has 0 unspecified atom stereocenters. The highest BCUT2D eigenvalue weighted by atomic mass is 32.1. The highest BCUT2D eigenvalue weighted by Gasteiger charge is 2.16. The summed E-state index contributed by atoms with van der Waals surface area (Å²) in [5.74, 6) is 0.758. The van der Waals surface area contributed by atoms with E-state index in [0.29, 0.717) is 0 Å². The fourth-order valence-electron chi connectivity index (χ4n) is 2.26. The van der Waals surface area contributed by atoms with E-state index in [1.807, 2.05) is 35.7 Å². The molecule has 3 heterocycles. The van der Waals surface area contributed by atoms with Crippen LogP contribution in [0.3, 0.4) is 0 Å². The first kappa shape index (κ1) is 11.4. The van der Waals surface area contributed by atoms with Gasteiger partial charge < -0.3 is 4.42 Å². The van der Waals surface area contributed by atoms with Crippen molar-refractivity contribution < 1.29 is 4.42 Å². The van der Waals surface area contributed by atoms with Crippen LogP contribution in [0.2, 0.25) is 0 Å². The summed E-state index contributed by atoms with van der Waals surface area (Å²) >= 11 is 1.60. The van der Waals surface area contributed by atoms with E-state index in [4.69, 9.17) is 4.42 Å². The van der Waals surface area contributed by atoms with E-state index in [9.17, 15) is 0 Å². The zero-order valence-corrected chi connectivity index (χ0v) is 11.2. The van der Waals surface area contributed by atoms with Crippen LogP contribution in [0.25, 0.3) is 32.8 Å². The lowest BCUT2D eigenvalue weighted by atomic mass is 10.0. The lowest BCUT2D eigenvalue weighted by Gasteiger charge is -2.08. The van der Waals surface area contributed by atoms with E-state index in [2.05, 4.69) is 22.2 Å². The van der Waals surface area contributed by atoms with Crippen molar-refractivity contribution in [2.24, 2.45) is 0 Å².